The molecule has 0 bridgehead atoms. The summed E-state index contributed by atoms with van der Waals surface area (Å²) in [6.07, 6.45) is 19.8. The Hall–Kier alpha value is -10.0. The Bertz CT molecular complexity index is 4360. The molecule has 0 unspecified atom stereocenters. The van der Waals surface area contributed by atoms with Crippen molar-refractivity contribution in [1.82, 2.24) is 19.9 Å². The summed E-state index contributed by atoms with van der Waals surface area (Å²) < 4.78 is 0. The minimum Gasteiger partial charge on any atom is -0.293 e. The van der Waals surface area contributed by atoms with Gasteiger partial charge in [-0.2, -0.15) is 0 Å². The molecule has 83 heavy (non-hydrogen) atoms. The average molecular weight is 1070 g/mol. The molecule has 0 aliphatic heterocycles. The van der Waals surface area contributed by atoms with Crippen LogP contribution in [0.25, 0.3) is 79.2 Å². The molecule has 6 nitrogen and oxygen atoms in total. The van der Waals surface area contributed by atoms with E-state index in [4.69, 9.17) is 9.97 Å². The van der Waals surface area contributed by atoms with Crippen molar-refractivity contribution in [2.24, 2.45) is 0 Å². The van der Waals surface area contributed by atoms with Crippen molar-refractivity contribution in [3.05, 3.63) is 287 Å². The third-order valence-electron chi connectivity index (χ3n) is 18.1. The number of hydrogen-bond donors (Lipinski definition) is 0. The number of nitrogens with zero attached hydrogens (tertiary/aromatic N) is 6. The van der Waals surface area contributed by atoms with Crippen LogP contribution in [0.3, 0.4) is 0 Å². The molecule has 6 heteroatoms. The molecule has 15 rings (SSSR count). The number of anilines is 6. The predicted molar refractivity (Wildman–Crippen MR) is 345 cm³/mol. The zero-order valence-corrected chi connectivity index (χ0v) is 47.4. The fraction of sp³-hybridized carbons (Fsp3) is 0.117. The Kier molecular flexibility index (Phi) is 11.5. The summed E-state index contributed by atoms with van der Waals surface area (Å²) >= 11 is 0. The lowest BCUT2D eigenvalue weighted by Crippen LogP contribution is -2.17. The molecule has 0 fully saturated rings. The van der Waals surface area contributed by atoms with Gasteiger partial charge in [0.1, 0.15) is 0 Å². The van der Waals surface area contributed by atoms with Crippen molar-refractivity contribution >= 4 is 80.2 Å². The third kappa shape index (κ3) is 8.14. The van der Waals surface area contributed by atoms with Crippen molar-refractivity contribution in [2.45, 2.75) is 57.8 Å². The molecular formula is C77H60N6. The van der Waals surface area contributed by atoms with Gasteiger partial charge in [0.25, 0.3) is 0 Å². The highest BCUT2D eigenvalue weighted by Crippen LogP contribution is 2.54. The molecule has 2 aromatic heterocycles. The topological polar surface area (TPSA) is 58.0 Å². The molecule has 12 aromatic rings. The molecule has 0 radical (unpaired) electrons. The van der Waals surface area contributed by atoms with E-state index in [9.17, 15) is 0 Å². The molecule has 2 heterocycles. The first kappa shape index (κ1) is 50.0. The molecule has 0 saturated carbocycles. The summed E-state index contributed by atoms with van der Waals surface area (Å²) in [6, 6.07) is 71.7. The van der Waals surface area contributed by atoms with Crippen molar-refractivity contribution in [2.75, 3.05) is 9.80 Å². The van der Waals surface area contributed by atoms with Gasteiger partial charge in [0.15, 0.2) is 11.6 Å². The van der Waals surface area contributed by atoms with E-state index < -0.39 is 0 Å². The second-order valence-electron chi connectivity index (χ2n) is 24.0. The summed E-state index contributed by atoms with van der Waals surface area (Å²) in [6.45, 7) is 14.2. The van der Waals surface area contributed by atoms with E-state index in [-0.39, 0.29) is 16.2 Å². The second-order valence-corrected chi connectivity index (χ2v) is 24.0. The van der Waals surface area contributed by atoms with Gasteiger partial charge in [0.2, 0.25) is 0 Å². The zero-order valence-electron chi connectivity index (χ0n) is 47.4. The van der Waals surface area contributed by atoms with Gasteiger partial charge in [-0.3, -0.25) is 19.8 Å². The van der Waals surface area contributed by atoms with Gasteiger partial charge in [-0.1, -0.05) is 224 Å². The number of fused-ring (bicyclic) bond motifs is 11. The van der Waals surface area contributed by atoms with Crippen LogP contribution in [0.1, 0.15) is 97.2 Å². The summed E-state index contributed by atoms with van der Waals surface area (Å²) in [4.78, 5) is 23.1. The van der Waals surface area contributed by atoms with Crippen molar-refractivity contribution in [3.63, 3.8) is 0 Å². The Morgan fingerprint density at radius 1 is 0.313 bits per heavy atom. The molecule has 0 atom stereocenters. The van der Waals surface area contributed by atoms with E-state index in [1.807, 2.05) is 12.4 Å². The largest absolute Gasteiger partial charge is 0.293 e. The van der Waals surface area contributed by atoms with Crippen LogP contribution in [0, 0.1) is 0 Å². The lowest BCUT2D eigenvalue weighted by atomic mass is 9.81. The SMILES string of the molecule is CC1(C)c2cc(C=Cc3ccc4c(c3)C(C)(C)c3cc(N(c5cnccn5)c5cccc6ccccc56)ccc3-4)ccc2-c2ccc(C=Cc3ccc4c(c3)C(C)(C)c3cc(N(c5cnccn5)c5cccc6ccccc56)ccc3-4)cc21. The zero-order chi connectivity index (χ0) is 56.2. The maximum Gasteiger partial charge on any atom is 0.156 e. The van der Waals surface area contributed by atoms with Gasteiger partial charge in [0, 0.05) is 63.2 Å². The second kappa shape index (κ2) is 19.0. The Morgan fingerprint density at radius 2 is 0.627 bits per heavy atom. The maximum absolute atomic E-state index is 4.81. The van der Waals surface area contributed by atoms with Crippen LogP contribution in [-0.4, -0.2) is 19.9 Å². The summed E-state index contributed by atoms with van der Waals surface area (Å²) in [5, 5.41) is 4.69. The highest BCUT2D eigenvalue weighted by atomic mass is 15.2. The summed E-state index contributed by atoms with van der Waals surface area (Å²) in [7, 11) is 0. The molecule has 0 amide bonds. The van der Waals surface area contributed by atoms with Gasteiger partial charge in [-0.05, 0) is 136 Å². The first-order chi connectivity index (χ1) is 40.4. The van der Waals surface area contributed by atoms with Crippen molar-refractivity contribution < 1.29 is 0 Å². The van der Waals surface area contributed by atoms with Crippen LogP contribution in [0.4, 0.5) is 34.4 Å². The van der Waals surface area contributed by atoms with Crippen molar-refractivity contribution in [1.29, 1.82) is 0 Å². The van der Waals surface area contributed by atoms with E-state index >= 15 is 0 Å². The van der Waals surface area contributed by atoms with Gasteiger partial charge in [-0.15, -0.1) is 0 Å². The minimum atomic E-state index is -0.229. The smallest absolute Gasteiger partial charge is 0.156 e. The van der Waals surface area contributed by atoms with Crippen molar-refractivity contribution in [3.8, 4) is 33.4 Å². The highest BCUT2D eigenvalue weighted by molar-refractivity contribution is 6.01. The Balaban J connectivity index is 0.671. The number of aromatic nitrogens is 4. The molecule has 0 N–H and O–H groups in total. The molecule has 0 spiro atoms. The minimum absolute atomic E-state index is 0.171. The van der Waals surface area contributed by atoms with Crippen LogP contribution >= 0.6 is 0 Å². The molecule has 3 aliphatic rings. The van der Waals surface area contributed by atoms with Crippen LogP contribution in [-0.2, 0) is 16.2 Å². The fourth-order valence-electron chi connectivity index (χ4n) is 13.7. The molecule has 398 valence electrons. The molecule has 3 aliphatic carbocycles. The number of benzene rings is 10. The summed E-state index contributed by atoms with van der Waals surface area (Å²) in [5.41, 5.74) is 24.1. The van der Waals surface area contributed by atoms with Gasteiger partial charge in [-0.25, -0.2) is 9.97 Å². The van der Waals surface area contributed by atoms with Gasteiger partial charge < -0.3 is 0 Å². The number of rotatable bonds is 10. The summed E-state index contributed by atoms with van der Waals surface area (Å²) in [5.74, 6) is 1.56. The Morgan fingerprint density at radius 3 is 0.964 bits per heavy atom. The van der Waals surface area contributed by atoms with Gasteiger partial charge >= 0.3 is 0 Å². The lowest BCUT2D eigenvalue weighted by Gasteiger charge is -2.28. The average Bonchev–Trinajstić information content (AvgIpc) is 4.07. The third-order valence-corrected chi connectivity index (χ3v) is 18.1. The molecule has 10 aromatic carbocycles. The first-order valence-electron chi connectivity index (χ1n) is 28.7. The lowest BCUT2D eigenvalue weighted by molar-refractivity contribution is 0.660. The van der Waals surface area contributed by atoms with Crippen LogP contribution in [0.2, 0.25) is 0 Å². The standard InChI is InChI=1S/C77H60N6/c1-75(2)65-41-49(21-23-51-27-33-61-63-35-29-55(45-69(63)76(3,4)67(61)43-51)82(73-47-78-37-39-80-73)71-19-11-15-53-13-7-9-17-57(53)71)25-31-59(65)60-32-26-50(42-66(60)75)22-24-52-28-34-62-64-36-30-56(46-70(64)77(5,6)68(62)44-52)83(74-48-79-38-40-81-74)72-20-12-16-54-14-8-10-18-58(54)72/h7-48H,1-6H3. The molecular weight excluding hydrogens is 1010 g/mol. The quantitative estimate of drug-likeness (QED) is 0.127. The Labute approximate surface area is 485 Å². The van der Waals surface area contributed by atoms with E-state index in [1.165, 1.54) is 99.8 Å². The number of hydrogen-bond acceptors (Lipinski definition) is 6. The first-order valence-corrected chi connectivity index (χ1v) is 28.7. The van der Waals surface area contributed by atoms with Crippen LogP contribution < -0.4 is 9.80 Å². The van der Waals surface area contributed by atoms with Gasteiger partial charge in [0.05, 0.1) is 23.8 Å². The highest BCUT2D eigenvalue weighted by Gasteiger charge is 2.39. The van der Waals surface area contributed by atoms with Crippen LogP contribution in [0.15, 0.2) is 231 Å². The maximum atomic E-state index is 4.81. The molecule has 0 saturated heterocycles. The predicted octanol–water partition coefficient (Wildman–Crippen LogP) is 19.8. The van der Waals surface area contributed by atoms with E-state index in [1.54, 1.807) is 24.8 Å². The normalized spacial score (nSPS) is 14.6. The fourth-order valence-corrected chi connectivity index (χ4v) is 13.7. The van der Waals surface area contributed by atoms with E-state index in [2.05, 4.69) is 280 Å². The van der Waals surface area contributed by atoms with E-state index in [0.29, 0.717) is 0 Å². The monoisotopic (exact) mass is 1070 g/mol. The van der Waals surface area contributed by atoms with E-state index in [0.717, 1.165) is 45.2 Å². The van der Waals surface area contributed by atoms with Crippen LogP contribution in [0.5, 0.6) is 0 Å².